The topological polar surface area (TPSA) is 69.6 Å². The van der Waals surface area contributed by atoms with Gasteiger partial charge in [0, 0.05) is 5.02 Å². The lowest BCUT2D eigenvalue weighted by Gasteiger charge is -2.60. The zero-order valence-corrected chi connectivity index (χ0v) is 18.2. The van der Waals surface area contributed by atoms with E-state index in [4.69, 9.17) is 16.0 Å². The third kappa shape index (κ3) is 2.96. The summed E-state index contributed by atoms with van der Waals surface area (Å²) < 4.78 is 9.04. The first kappa shape index (κ1) is 18.1. The zero-order valence-electron chi connectivity index (χ0n) is 15.9. The highest BCUT2D eigenvalue weighted by Gasteiger charge is 2.61. The predicted molar refractivity (Wildman–Crippen MR) is 111 cm³/mol. The maximum Gasteiger partial charge on any atom is 0.222 e. The Morgan fingerprint density at radius 2 is 2.00 bits per heavy atom. The summed E-state index contributed by atoms with van der Waals surface area (Å²) in [4.78, 5) is 4.33. The first-order valence-electron chi connectivity index (χ1n) is 10.2. The first-order valence-corrected chi connectivity index (χ1v) is 11.3. The lowest BCUT2D eigenvalue weighted by Crippen LogP contribution is -2.58. The second kappa shape index (κ2) is 6.38. The van der Waals surface area contributed by atoms with Crippen LogP contribution in [0.1, 0.15) is 55.9 Å². The summed E-state index contributed by atoms with van der Waals surface area (Å²) in [5, 5.41) is 14.3. The van der Waals surface area contributed by atoms with Crippen LogP contribution in [-0.2, 0) is 17.4 Å². The van der Waals surface area contributed by atoms with E-state index in [1.54, 1.807) is 0 Å². The standard InChI is InChI=1S/C21H21BrClN5O/c22-19-24-12-28(27-19)21-9-14-4-15(10-21)8-20(7-14,11-21)18-26-25-17(29-18)6-13-2-1-3-16(23)5-13/h1-3,5,12,14-15H,4,6-11H2. The predicted octanol–water partition coefficient (Wildman–Crippen LogP) is 4.91. The van der Waals surface area contributed by atoms with Crippen molar-refractivity contribution in [2.45, 2.75) is 55.9 Å². The summed E-state index contributed by atoms with van der Waals surface area (Å²) >= 11 is 9.54. The quantitative estimate of drug-likeness (QED) is 0.537. The lowest BCUT2D eigenvalue weighted by molar-refractivity contribution is -0.0776. The van der Waals surface area contributed by atoms with Crippen molar-refractivity contribution < 1.29 is 4.42 Å². The Morgan fingerprint density at radius 3 is 2.72 bits per heavy atom. The van der Waals surface area contributed by atoms with E-state index in [2.05, 4.69) is 40.9 Å². The average Bonchev–Trinajstić information content (AvgIpc) is 3.31. The fourth-order valence-corrected chi connectivity index (χ4v) is 7.04. The number of rotatable bonds is 4. The molecule has 4 aliphatic rings. The molecule has 3 aromatic rings. The Morgan fingerprint density at radius 1 is 1.17 bits per heavy atom. The molecule has 2 atom stereocenters. The minimum absolute atomic E-state index is 0.0185. The average molecular weight is 475 g/mol. The number of hydrogen-bond donors (Lipinski definition) is 0. The summed E-state index contributed by atoms with van der Waals surface area (Å²) in [6.07, 6.45) is 9.42. The molecule has 4 fully saturated rings. The van der Waals surface area contributed by atoms with E-state index >= 15 is 0 Å². The van der Waals surface area contributed by atoms with Crippen molar-refractivity contribution in [2.75, 3.05) is 0 Å². The van der Waals surface area contributed by atoms with Crippen LogP contribution in [-0.4, -0.2) is 25.0 Å². The Hall–Kier alpha value is -1.73. The summed E-state index contributed by atoms with van der Waals surface area (Å²) in [5.74, 6) is 2.84. The fourth-order valence-electron chi connectivity index (χ4n) is 6.56. The van der Waals surface area contributed by atoms with Crippen LogP contribution in [0.4, 0.5) is 0 Å². The Balaban J connectivity index is 1.33. The molecule has 2 aromatic heterocycles. The fraction of sp³-hybridized carbons (Fsp3) is 0.524. The first-order chi connectivity index (χ1) is 14.0. The van der Waals surface area contributed by atoms with Crippen molar-refractivity contribution in [1.29, 1.82) is 0 Å². The van der Waals surface area contributed by atoms with Crippen LogP contribution in [0.25, 0.3) is 0 Å². The summed E-state index contributed by atoms with van der Waals surface area (Å²) in [7, 11) is 0. The van der Waals surface area contributed by atoms with Gasteiger partial charge in [0.05, 0.1) is 17.4 Å². The minimum Gasteiger partial charge on any atom is -0.424 e. The second-order valence-corrected chi connectivity index (χ2v) is 10.4. The molecule has 4 bridgehead atoms. The van der Waals surface area contributed by atoms with Crippen LogP contribution in [0, 0.1) is 11.8 Å². The van der Waals surface area contributed by atoms with Gasteiger partial charge in [-0.1, -0.05) is 23.7 Å². The molecular weight excluding hydrogens is 454 g/mol. The van der Waals surface area contributed by atoms with Crippen molar-refractivity contribution in [2.24, 2.45) is 11.8 Å². The number of aromatic nitrogens is 5. The number of hydrogen-bond acceptors (Lipinski definition) is 5. The van der Waals surface area contributed by atoms with Gasteiger partial charge in [0.1, 0.15) is 6.33 Å². The van der Waals surface area contributed by atoms with Gasteiger partial charge in [-0.25, -0.2) is 9.67 Å². The molecule has 4 saturated carbocycles. The van der Waals surface area contributed by atoms with Gasteiger partial charge in [-0.3, -0.25) is 0 Å². The molecule has 7 rings (SSSR count). The molecule has 1 aromatic carbocycles. The third-order valence-electron chi connectivity index (χ3n) is 7.15. The molecular formula is C21H21BrClN5O. The highest BCUT2D eigenvalue weighted by molar-refractivity contribution is 9.10. The minimum atomic E-state index is -0.0396. The third-order valence-corrected chi connectivity index (χ3v) is 7.74. The summed E-state index contributed by atoms with van der Waals surface area (Å²) in [5.41, 5.74) is 1.06. The van der Waals surface area contributed by atoms with Gasteiger partial charge in [-0.05, 0) is 84.0 Å². The molecule has 2 heterocycles. The van der Waals surface area contributed by atoms with Crippen molar-refractivity contribution in [3.8, 4) is 0 Å². The van der Waals surface area contributed by atoms with Crippen molar-refractivity contribution in [3.05, 3.63) is 57.7 Å². The zero-order chi connectivity index (χ0) is 19.6. The summed E-state index contributed by atoms with van der Waals surface area (Å²) in [6.45, 7) is 0. The summed E-state index contributed by atoms with van der Waals surface area (Å²) in [6, 6.07) is 7.82. The van der Waals surface area contributed by atoms with Gasteiger partial charge in [0.2, 0.25) is 16.5 Å². The monoisotopic (exact) mass is 473 g/mol. The van der Waals surface area contributed by atoms with Gasteiger partial charge in [-0.2, -0.15) is 0 Å². The van der Waals surface area contributed by atoms with Crippen LogP contribution < -0.4 is 0 Å². The van der Waals surface area contributed by atoms with Crippen LogP contribution in [0.5, 0.6) is 0 Å². The second-order valence-electron chi connectivity index (χ2n) is 9.23. The highest BCUT2D eigenvalue weighted by Crippen LogP contribution is 2.64. The van der Waals surface area contributed by atoms with E-state index in [9.17, 15) is 0 Å². The Bertz CT molecular complexity index is 1060. The van der Waals surface area contributed by atoms with Crippen LogP contribution in [0.3, 0.4) is 0 Å². The maximum atomic E-state index is 6.28. The number of nitrogens with zero attached hydrogens (tertiary/aromatic N) is 5. The molecule has 0 amide bonds. The smallest absolute Gasteiger partial charge is 0.222 e. The molecule has 0 spiro atoms. The van der Waals surface area contributed by atoms with E-state index in [0.717, 1.165) is 35.7 Å². The van der Waals surface area contributed by atoms with Crippen molar-refractivity contribution in [3.63, 3.8) is 0 Å². The largest absolute Gasteiger partial charge is 0.424 e. The van der Waals surface area contributed by atoms with Crippen molar-refractivity contribution >= 4 is 27.5 Å². The molecule has 0 radical (unpaired) electrons. The number of halogens is 2. The van der Waals surface area contributed by atoms with E-state index in [1.807, 2.05) is 30.6 Å². The molecule has 0 saturated heterocycles. The van der Waals surface area contributed by atoms with Gasteiger partial charge < -0.3 is 4.42 Å². The van der Waals surface area contributed by atoms with Gasteiger partial charge in [-0.15, -0.1) is 15.3 Å². The molecule has 6 nitrogen and oxygen atoms in total. The molecule has 2 unspecified atom stereocenters. The van der Waals surface area contributed by atoms with E-state index in [-0.39, 0.29) is 11.0 Å². The van der Waals surface area contributed by atoms with Gasteiger partial charge in [0.25, 0.3) is 0 Å². The molecule has 0 aliphatic heterocycles. The van der Waals surface area contributed by atoms with Gasteiger partial charge in [0.15, 0.2) is 0 Å². The van der Waals surface area contributed by atoms with Gasteiger partial charge >= 0.3 is 0 Å². The SMILES string of the molecule is Clc1cccc(Cc2nnc(C34CC5CC(C3)CC(n3cnc(Br)n3)(C5)C4)o2)c1. The molecule has 8 heteroatoms. The molecule has 0 N–H and O–H groups in total. The molecule has 4 aliphatic carbocycles. The molecule has 29 heavy (non-hydrogen) atoms. The Labute approximate surface area is 182 Å². The number of benzene rings is 1. The maximum absolute atomic E-state index is 6.28. The Kier molecular flexibility index (Phi) is 3.98. The van der Waals surface area contributed by atoms with Crippen LogP contribution >= 0.6 is 27.5 Å². The van der Waals surface area contributed by atoms with Crippen molar-refractivity contribution in [1.82, 2.24) is 25.0 Å². The van der Waals surface area contributed by atoms with E-state index < -0.39 is 0 Å². The molecule has 150 valence electrons. The van der Waals surface area contributed by atoms with Crippen LogP contribution in [0.15, 0.2) is 39.7 Å². The van der Waals surface area contributed by atoms with E-state index in [1.165, 1.54) is 19.3 Å². The lowest BCUT2D eigenvalue weighted by atomic mass is 9.47. The highest BCUT2D eigenvalue weighted by atomic mass is 79.9. The normalized spacial score (nSPS) is 32.8. The van der Waals surface area contributed by atoms with E-state index in [0.29, 0.717) is 28.9 Å². The van der Waals surface area contributed by atoms with Crippen LogP contribution in [0.2, 0.25) is 5.02 Å².